The maximum Gasteiger partial charge on any atom is 0.174 e. The Kier molecular flexibility index (Phi) is 4.73. The van der Waals surface area contributed by atoms with E-state index in [9.17, 15) is 0 Å². The number of ether oxygens (including phenoxy) is 2. The number of hydrogen-bond donors (Lipinski definition) is 1. The van der Waals surface area contributed by atoms with Gasteiger partial charge in [0.15, 0.2) is 16.2 Å². The summed E-state index contributed by atoms with van der Waals surface area (Å²) in [6.07, 6.45) is 1.67. The summed E-state index contributed by atoms with van der Waals surface area (Å²) < 4.78 is 16.8. The summed E-state index contributed by atoms with van der Waals surface area (Å²) in [5, 5.41) is 3.30. The first-order valence-corrected chi connectivity index (χ1v) is 7.04. The predicted octanol–water partition coefficient (Wildman–Crippen LogP) is 3.68. The van der Waals surface area contributed by atoms with Crippen LogP contribution >= 0.6 is 15.9 Å². The van der Waals surface area contributed by atoms with Gasteiger partial charge >= 0.3 is 0 Å². The summed E-state index contributed by atoms with van der Waals surface area (Å²) in [5.74, 6) is 1.45. The number of aryl methyl sites for hydroxylation is 1. The third kappa shape index (κ3) is 2.69. The zero-order valence-corrected chi connectivity index (χ0v) is 13.6. The highest BCUT2D eigenvalue weighted by atomic mass is 79.9. The number of halogens is 1. The molecule has 0 spiro atoms. The molecule has 0 amide bonds. The number of methoxy groups -OCH3 is 2. The highest BCUT2D eigenvalue weighted by molar-refractivity contribution is 9.10. The van der Waals surface area contributed by atoms with Gasteiger partial charge in [0.25, 0.3) is 0 Å². The van der Waals surface area contributed by atoms with Crippen LogP contribution < -0.4 is 14.8 Å². The van der Waals surface area contributed by atoms with Gasteiger partial charge in [-0.05, 0) is 59.2 Å². The van der Waals surface area contributed by atoms with E-state index < -0.39 is 0 Å². The van der Waals surface area contributed by atoms with Crippen molar-refractivity contribution in [3.05, 3.63) is 45.8 Å². The third-order valence-corrected chi connectivity index (χ3v) is 3.97. The predicted molar refractivity (Wildman–Crippen MR) is 81.6 cm³/mol. The highest BCUT2D eigenvalue weighted by Gasteiger charge is 2.21. The molecule has 1 heterocycles. The van der Waals surface area contributed by atoms with Gasteiger partial charge in [-0.2, -0.15) is 0 Å². The molecule has 1 aromatic heterocycles. The van der Waals surface area contributed by atoms with Crippen LogP contribution in [0.4, 0.5) is 0 Å². The van der Waals surface area contributed by atoms with Crippen LogP contribution in [0.3, 0.4) is 0 Å². The fraction of sp³-hybridized carbons (Fsp3) is 0.333. The number of nitrogens with one attached hydrogen (secondary N) is 1. The lowest BCUT2D eigenvalue weighted by Crippen LogP contribution is -2.18. The topological polar surface area (TPSA) is 43.6 Å². The number of furan rings is 1. The molecule has 1 unspecified atom stereocenters. The van der Waals surface area contributed by atoms with E-state index in [4.69, 9.17) is 13.9 Å². The van der Waals surface area contributed by atoms with Crippen LogP contribution in [-0.2, 0) is 0 Å². The Morgan fingerprint density at radius 3 is 2.30 bits per heavy atom. The molecule has 1 atom stereocenters. The summed E-state index contributed by atoms with van der Waals surface area (Å²) in [6, 6.07) is 5.94. The largest absolute Gasteiger partial charge is 0.493 e. The standard InChI is InChI=1S/C15H18BrNO3/c1-9-7-12(18-3)13(19-4)8-11(9)14(17-2)10-5-6-20-15(10)16/h5-8,14,17H,1-4H3. The zero-order chi connectivity index (χ0) is 14.7. The van der Waals surface area contributed by atoms with Crippen molar-refractivity contribution in [2.75, 3.05) is 21.3 Å². The number of rotatable bonds is 5. The second-order valence-corrected chi connectivity index (χ2v) is 5.16. The Morgan fingerprint density at radius 2 is 1.80 bits per heavy atom. The molecule has 0 fully saturated rings. The van der Waals surface area contributed by atoms with Crippen molar-refractivity contribution in [2.24, 2.45) is 0 Å². The molecule has 2 rings (SSSR count). The van der Waals surface area contributed by atoms with E-state index in [0.717, 1.165) is 27.1 Å². The molecule has 2 aromatic rings. The van der Waals surface area contributed by atoms with Crippen LogP contribution in [-0.4, -0.2) is 21.3 Å². The lowest BCUT2D eigenvalue weighted by Gasteiger charge is -2.20. The molecule has 1 aromatic carbocycles. The van der Waals surface area contributed by atoms with Crippen LogP contribution in [0.25, 0.3) is 0 Å². The van der Waals surface area contributed by atoms with Crippen molar-refractivity contribution in [1.82, 2.24) is 5.32 Å². The van der Waals surface area contributed by atoms with Gasteiger partial charge in [0.2, 0.25) is 0 Å². The first-order valence-electron chi connectivity index (χ1n) is 6.25. The van der Waals surface area contributed by atoms with Crippen molar-refractivity contribution >= 4 is 15.9 Å². The van der Waals surface area contributed by atoms with Crippen LogP contribution in [0, 0.1) is 6.92 Å². The van der Waals surface area contributed by atoms with Crippen LogP contribution in [0.5, 0.6) is 11.5 Å². The SMILES string of the molecule is CNC(c1cc(OC)c(OC)cc1C)c1ccoc1Br. The first-order chi connectivity index (χ1) is 9.62. The second-order valence-electron chi connectivity index (χ2n) is 4.44. The third-order valence-electron chi connectivity index (χ3n) is 3.33. The van der Waals surface area contributed by atoms with E-state index >= 15 is 0 Å². The summed E-state index contributed by atoms with van der Waals surface area (Å²) >= 11 is 3.43. The second kappa shape index (κ2) is 6.33. The molecular weight excluding hydrogens is 322 g/mol. The summed E-state index contributed by atoms with van der Waals surface area (Å²) in [4.78, 5) is 0. The Labute approximate surface area is 127 Å². The van der Waals surface area contributed by atoms with Gasteiger partial charge in [-0.1, -0.05) is 0 Å². The summed E-state index contributed by atoms with van der Waals surface area (Å²) in [7, 11) is 5.19. The molecule has 4 nitrogen and oxygen atoms in total. The van der Waals surface area contributed by atoms with Gasteiger partial charge in [-0.3, -0.25) is 0 Å². The molecule has 108 valence electrons. The van der Waals surface area contributed by atoms with Crippen LogP contribution in [0.2, 0.25) is 0 Å². The van der Waals surface area contributed by atoms with E-state index in [1.165, 1.54) is 0 Å². The quantitative estimate of drug-likeness (QED) is 0.902. The van der Waals surface area contributed by atoms with Gasteiger partial charge in [0.05, 0.1) is 26.5 Å². The van der Waals surface area contributed by atoms with E-state index in [1.807, 2.05) is 25.2 Å². The van der Waals surface area contributed by atoms with Crippen molar-refractivity contribution in [3.8, 4) is 11.5 Å². The molecule has 0 aliphatic heterocycles. The van der Waals surface area contributed by atoms with E-state index in [2.05, 4.69) is 28.2 Å². The van der Waals surface area contributed by atoms with Crippen molar-refractivity contribution < 1.29 is 13.9 Å². The monoisotopic (exact) mass is 339 g/mol. The minimum absolute atomic E-state index is 0.0166. The van der Waals surface area contributed by atoms with Gasteiger partial charge in [-0.25, -0.2) is 0 Å². The molecule has 20 heavy (non-hydrogen) atoms. The average Bonchev–Trinajstić information content (AvgIpc) is 2.87. The van der Waals surface area contributed by atoms with E-state index in [0.29, 0.717) is 5.75 Å². The molecular formula is C15H18BrNO3. The maximum atomic E-state index is 5.39. The Hall–Kier alpha value is -1.46. The summed E-state index contributed by atoms with van der Waals surface area (Å²) in [6.45, 7) is 2.05. The van der Waals surface area contributed by atoms with Gasteiger partial charge in [0, 0.05) is 5.56 Å². The lowest BCUT2D eigenvalue weighted by atomic mass is 9.96. The minimum atomic E-state index is 0.0166. The van der Waals surface area contributed by atoms with Crippen molar-refractivity contribution in [1.29, 1.82) is 0 Å². The van der Waals surface area contributed by atoms with Crippen LogP contribution in [0.15, 0.2) is 33.5 Å². The van der Waals surface area contributed by atoms with Gasteiger partial charge < -0.3 is 19.2 Å². The molecule has 0 aliphatic carbocycles. The maximum absolute atomic E-state index is 5.39. The van der Waals surface area contributed by atoms with Gasteiger partial charge in [0.1, 0.15) is 0 Å². The van der Waals surface area contributed by atoms with Crippen molar-refractivity contribution in [3.63, 3.8) is 0 Å². The number of benzene rings is 1. The molecule has 0 radical (unpaired) electrons. The van der Waals surface area contributed by atoms with Crippen LogP contribution in [0.1, 0.15) is 22.7 Å². The number of hydrogen-bond acceptors (Lipinski definition) is 4. The molecule has 1 N–H and O–H groups in total. The molecule has 5 heteroatoms. The summed E-state index contributed by atoms with van der Waals surface area (Å²) in [5.41, 5.74) is 3.28. The molecule has 0 aliphatic rings. The fourth-order valence-corrected chi connectivity index (χ4v) is 2.77. The lowest BCUT2D eigenvalue weighted by molar-refractivity contribution is 0.354. The van der Waals surface area contributed by atoms with E-state index in [1.54, 1.807) is 20.5 Å². The minimum Gasteiger partial charge on any atom is -0.493 e. The smallest absolute Gasteiger partial charge is 0.174 e. The fourth-order valence-electron chi connectivity index (χ4n) is 2.30. The van der Waals surface area contributed by atoms with Crippen molar-refractivity contribution in [2.45, 2.75) is 13.0 Å². The molecule has 0 saturated carbocycles. The van der Waals surface area contributed by atoms with E-state index in [-0.39, 0.29) is 6.04 Å². The zero-order valence-electron chi connectivity index (χ0n) is 12.0. The van der Waals surface area contributed by atoms with Gasteiger partial charge in [-0.15, -0.1) is 0 Å². The molecule has 0 bridgehead atoms. The Balaban J connectivity index is 2.52. The first kappa shape index (κ1) is 14.9. The molecule has 0 saturated heterocycles. The Morgan fingerprint density at radius 1 is 1.15 bits per heavy atom. The highest BCUT2D eigenvalue weighted by Crippen LogP contribution is 2.37. The Bertz CT molecular complexity index is 595. The average molecular weight is 340 g/mol. The normalized spacial score (nSPS) is 12.2.